The molecule has 0 unspecified atom stereocenters. The van der Waals surface area contributed by atoms with E-state index >= 15 is 0 Å². The Kier molecular flexibility index (Phi) is 5.66. The lowest BCUT2D eigenvalue weighted by molar-refractivity contribution is -0.123. The number of halogens is 3. The van der Waals surface area contributed by atoms with Crippen LogP contribution in [0.5, 0.6) is 0 Å². The van der Waals surface area contributed by atoms with Crippen LogP contribution in [0.25, 0.3) is 0 Å². The number of hydrogen-bond acceptors (Lipinski definition) is 2. The molecule has 0 radical (unpaired) electrons. The lowest BCUT2D eigenvalue weighted by Crippen LogP contribution is -2.21. The molecule has 2 aromatic rings. The van der Waals surface area contributed by atoms with Crippen molar-refractivity contribution in [3.05, 3.63) is 57.5 Å². The molecule has 0 aliphatic carbocycles. The van der Waals surface area contributed by atoms with Gasteiger partial charge < -0.3 is 10.6 Å². The molecule has 114 valence electrons. The molecule has 2 amide bonds. The summed E-state index contributed by atoms with van der Waals surface area (Å²) >= 11 is 17.7. The minimum absolute atomic E-state index is 0.226. The van der Waals surface area contributed by atoms with Crippen LogP contribution in [0, 0.1) is 0 Å². The molecule has 0 aromatic heterocycles. The van der Waals surface area contributed by atoms with Crippen molar-refractivity contribution in [2.75, 3.05) is 10.6 Å². The number of rotatable bonds is 4. The highest BCUT2D eigenvalue weighted by Gasteiger charge is 2.13. The summed E-state index contributed by atoms with van der Waals surface area (Å²) < 4.78 is 0. The van der Waals surface area contributed by atoms with E-state index in [-0.39, 0.29) is 11.4 Å². The van der Waals surface area contributed by atoms with Crippen LogP contribution >= 0.6 is 34.8 Å². The number of anilines is 2. The highest BCUT2D eigenvalue weighted by atomic mass is 35.5. The monoisotopic (exact) mass is 356 g/mol. The van der Waals surface area contributed by atoms with Crippen LogP contribution in [0.4, 0.5) is 11.4 Å². The van der Waals surface area contributed by atoms with Gasteiger partial charge in [-0.25, -0.2) is 0 Å². The topological polar surface area (TPSA) is 58.2 Å². The second-order valence-electron chi connectivity index (χ2n) is 4.35. The Morgan fingerprint density at radius 3 is 2.00 bits per heavy atom. The third kappa shape index (κ3) is 4.37. The van der Waals surface area contributed by atoms with Crippen molar-refractivity contribution in [1.29, 1.82) is 0 Å². The molecule has 0 spiro atoms. The number of carbonyl (C=O) groups excluding carboxylic acids is 2. The second-order valence-corrected chi connectivity index (χ2v) is 5.55. The molecule has 0 aliphatic heterocycles. The maximum atomic E-state index is 11.9. The molecule has 2 rings (SSSR count). The average molecular weight is 358 g/mol. The predicted octanol–water partition coefficient (Wildman–Crippen LogP) is 4.61. The van der Waals surface area contributed by atoms with Crippen molar-refractivity contribution in [3.63, 3.8) is 0 Å². The normalized spacial score (nSPS) is 10.1. The second kappa shape index (κ2) is 7.49. The van der Waals surface area contributed by atoms with Gasteiger partial charge in [0.2, 0.25) is 11.8 Å². The van der Waals surface area contributed by atoms with E-state index in [1.54, 1.807) is 42.5 Å². The molecule has 0 bridgehead atoms. The van der Waals surface area contributed by atoms with E-state index in [0.29, 0.717) is 21.4 Å². The van der Waals surface area contributed by atoms with Crippen LogP contribution in [-0.2, 0) is 9.59 Å². The summed E-state index contributed by atoms with van der Waals surface area (Å²) in [5, 5.41) is 6.04. The van der Waals surface area contributed by atoms with Crippen LogP contribution in [0.15, 0.2) is 42.5 Å². The van der Waals surface area contributed by atoms with Gasteiger partial charge in [0, 0.05) is 0 Å². The number of para-hydroxylation sites is 1. The summed E-state index contributed by atoms with van der Waals surface area (Å²) in [5.41, 5.74) is 0.799. The molecule has 0 atom stereocenters. The highest BCUT2D eigenvalue weighted by molar-refractivity contribution is 6.44. The summed E-state index contributed by atoms with van der Waals surface area (Å²) in [4.78, 5) is 23.7. The van der Waals surface area contributed by atoms with E-state index in [4.69, 9.17) is 34.8 Å². The predicted molar refractivity (Wildman–Crippen MR) is 89.8 cm³/mol. The molecule has 0 heterocycles. The van der Waals surface area contributed by atoms with E-state index in [2.05, 4.69) is 10.6 Å². The van der Waals surface area contributed by atoms with E-state index in [1.165, 1.54) is 0 Å². The van der Waals surface area contributed by atoms with E-state index in [1.807, 2.05) is 0 Å². The standard InChI is InChI=1S/C15H11Cl3N2O2/c16-9-4-1-2-6-11(9)19-13(21)8-14(22)20-12-7-3-5-10(17)15(12)18/h1-7H,8H2,(H,19,21)(H,20,22). The van der Waals surface area contributed by atoms with Gasteiger partial charge in [0.15, 0.2) is 0 Å². The number of carbonyl (C=O) groups is 2. The zero-order valence-corrected chi connectivity index (χ0v) is 13.5. The Balaban J connectivity index is 1.96. The van der Waals surface area contributed by atoms with Crippen LogP contribution in [-0.4, -0.2) is 11.8 Å². The van der Waals surface area contributed by atoms with Gasteiger partial charge in [0.1, 0.15) is 6.42 Å². The van der Waals surface area contributed by atoms with Crippen molar-refractivity contribution >= 4 is 58.0 Å². The smallest absolute Gasteiger partial charge is 0.233 e. The van der Waals surface area contributed by atoms with Crippen LogP contribution in [0.2, 0.25) is 15.1 Å². The maximum Gasteiger partial charge on any atom is 0.233 e. The first-order chi connectivity index (χ1) is 10.5. The minimum Gasteiger partial charge on any atom is -0.324 e. The largest absolute Gasteiger partial charge is 0.324 e. The molecule has 2 N–H and O–H groups in total. The molecule has 22 heavy (non-hydrogen) atoms. The van der Waals surface area contributed by atoms with Gasteiger partial charge in [-0.2, -0.15) is 0 Å². The number of benzene rings is 2. The van der Waals surface area contributed by atoms with Gasteiger partial charge >= 0.3 is 0 Å². The average Bonchev–Trinajstić information content (AvgIpc) is 2.46. The molecule has 2 aromatic carbocycles. The van der Waals surface area contributed by atoms with Gasteiger partial charge in [-0.15, -0.1) is 0 Å². The first-order valence-corrected chi connectivity index (χ1v) is 7.39. The first kappa shape index (κ1) is 16.6. The van der Waals surface area contributed by atoms with Crippen LogP contribution in [0.1, 0.15) is 6.42 Å². The Morgan fingerprint density at radius 1 is 0.773 bits per heavy atom. The summed E-state index contributed by atoms with van der Waals surface area (Å²) in [5.74, 6) is -0.988. The summed E-state index contributed by atoms with van der Waals surface area (Å²) in [7, 11) is 0. The minimum atomic E-state index is -0.506. The number of amides is 2. The first-order valence-electron chi connectivity index (χ1n) is 6.25. The van der Waals surface area contributed by atoms with Gasteiger partial charge in [-0.05, 0) is 24.3 Å². The maximum absolute atomic E-state index is 11.9. The van der Waals surface area contributed by atoms with Gasteiger partial charge in [-0.3, -0.25) is 9.59 Å². The zero-order chi connectivity index (χ0) is 16.1. The Morgan fingerprint density at radius 2 is 1.32 bits per heavy atom. The van der Waals surface area contributed by atoms with Crippen molar-refractivity contribution in [3.8, 4) is 0 Å². The fourth-order valence-corrected chi connectivity index (χ4v) is 2.23. The summed E-state index contributed by atoms with van der Waals surface area (Å²) in [6.45, 7) is 0. The van der Waals surface area contributed by atoms with Gasteiger partial charge in [-0.1, -0.05) is 53.0 Å². The lowest BCUT2D eigenvalue weighted by Gasteiger charge is -2.09. The van der Waals surface area contributed by atoms with Gasteiger partial charge in [0.05, 0.1) is 26.4 Å². The van der Waals surface area contributed by atoms with Crippen molar-refractivity contribution in [1.82, 2.24) is 0 Å². The Labute approximate surface area is 142 Å². The van der Waals surface area contributed by atoms with Crippen LogP contribution in [0.3, 0.4) is 0 Å². The van der Waals surface area contributed by atoms with E-state index in [0.717, 1.165) is 0 Å². The fourth-order valence-electron chi connectivity index (χ4n) is 1.70. The Bertz CT molecular complexity index is 720. The third-order valence-corrected chi connectivity index (χ3v) is 3.84. The lowest BCUT2D eigenvalue weighted by atomic mass is 10.2. The molecular weight excluding hydrogens is 347 g/mol. The molecule has 0 saturated heterocycles. The van der Waals surface area contributed by atoms with E-state index < -0.39 is 11.8 Å². The SMILES string of the molecule is O=C(CC(=O)Nc1cccc(Cl)c1Cl)Nc1ccccc1Cl. The quantitative estimate of drug-likeness (QED) is 0.785. The molecule has 4 nitrogen and oxygen atoms in total. The molecule has 7 heteroatoms. The highest BCUT2D eigenvalue weighted by Crippen LogP contribution is 2.29. The van der Waals surface area contributed by atoms with Crippen molar-refractivity contribution in [2.24, 2.45) is 0 Å². The molecule has 0 fully saturated rings. The fraction of sp³-hybridized carbons (Fsp3) is 0.0667. The molecule has 0 saturated carbocycles. The zero-order valence-electron chi connectivity index (χ0n) is 11.2. The van der Waals surface area contributed by atoms with E-state index in [9.17, 15) is 9.59 Å². The molecule has 0 aliphatic rings. The molecular formula is C15H11Cl3N2O2. The summed E-state index contributed by atoms with van der Waals surface area (Å²) in [6, 6.07) is 11.6. The summed E-state index contributed by atoms with van der Waals surface area (Å²) in [6.07, 6.45) is -0.367. The third-order valence-electron chi connectivity index (χ3n) is 2.69. The Hall–Kier alpha value is -1.75. The van der Waals surface area contributed by atoms with Crippen molar-refractivity contribution in [2.45, 2.75) is 6.42 Å². The number of nitrogens with one attached hydrogen (secondary N) is 2. The van der Waals surface area contributed by atoms with Crippen molar-refractivity contribution < 1.29 is 9.59 Å². The van der Waals surface area contributed by atoms with Crippen LogP contribution < -0.4 is 10.6 Å². The van der Waals surface area contributed by atoms with Gasteiger partial charge in [0.25, 0.3) is 0 Å². The number of hydrogen-bond donors (Lipinski definition) is 2.